The summed E-state index contributed by atoms with van der Waals surface area (Å²) in [7, 11) is 0. The van der Waals surface area contributed by atoms with E-state index in [0.29, 0.717) is 48.5 Å². The van der Waals surface area contributed by atoms with Crippen LogP contribution >= 0.6 is 0 Å². The molecule has 1 aliphatic rings. The number of carbonyl (C=O) groups is 1. The second-order valence-corrected chi connectivity index (χ2v) is 9.77. The summed E-state index contributed by atoms with van der Waals surface area (Å²) in [6.45, 7) is 4.87. The molecule has 1 fully saturated rings. The van der Waals surface area contributed by atoms with Gasteiger partial charge >= 0.3 is 5.76 Å². The van der Waals surface area contributed by atoms with Gasteiger partial charge in [-0.3, -0.25) is 9.36 Å². The van der Waals surface area contributed by atoms with Gasteiger partial charge in [0.15, 0.2) is 5.58 Å². The zero-order chi connectivity index (χ0) is 26.9. The molecule has 202 valence electrons. The Labute approximate surface area is 221 Å². The highest BCUT2D eigenvalue weighted by molar-refractivity contribution is 5.81. The Balaban J connectivity index is 1.46. The number of oxazole rings is 1. The van der Waals surface area contributed by atoms with Crippen molar-refractivity contribution in [1.82, 2.24) is 15.2 Å². The van der Waals surface area contributed by atoms with E-state index in [0.717, 1.165) is 44.2 Å². The molecule has 2 heterocycles. The number of nitrogens with zero attached hydrogens (tertiary/aromatic N) is 2. The van der Waals surface area contributed by atoms with Crippen molar-refractivity contribution in [3.63, 3.8) is 0 Å². The monoisotopic (exact) mass is 522 g/mol. The average Bonchev–Trinajstić information content (AvgIpc) is 3.21. The SMILES string of the molecule is CCCOCCn1c(=O)oc2ccc(-c3ccc(CC(C#N)NC(=O)C4CCCCCNC4)c(F)c3)cc21. The first-order valence-electron chi connectivity index (χ1n) is 13.4. The Hall–Kier alpha value is -3.48. The minimum absolute atomic E-state index is 0.0760. The van der Waals surface area contributed by atoms with E-state index in [1.165, 1.54) is 10.6 Å². The predicted octanol–water partition coefficient (Wildman–Crippen LogP) is 4.16. The molecule has 0 aliphatic carbocycles. The number of hydrogen-bond acceptors (Lipinski definition) is 6. The molecule has 2 aromatic carbocycles. The molecule has 8 nitrogen and oxygen atoms in total. The standard InChI is InChI=1S/C29H35FN4O4/c1-2-13-37-14-12-34-26-17-21(9-10-27(26)38-29(34)36)20-7-8-22(25(30)16-20)15-24(18-31)33-28(35)23-6-4-3-5-11-32-19-23/h7-10,16-17,23-24,32H,2-6,11-15,19H2,1H3,(H,33,35). The van der Waals surface area contributed by atoms with E-state index in [4.69, 9.17) is 9.15 Å². The average molecular weight is 523 g/mol. The summed E-state index contributed by atoms with van der Waals surface area (Å²) >= 11 is 0. The highest BCUT2D eigenvalue weighted by Crippen LogP contribution is 2.26. The number of halogens is 1. The predicted molar refractivity (Wildman–Crippen MR) is 143 cm³/mol. The van der Waals surface area contributed by atoms with Crippen LogP contribution in [0.3, 0.4) is 0 Å². The molecular formula is C29H35FN4O4. The molecule has 9 heteroatoms. The Morgan fingerprint density at radius 2 is 2.05 bits per heavy atom. The zero-order valence-electron chi connectivity index (χ0n) is 21.8. The lowest BCUT2D eigenvalue weighted by atomic mass is 9.96. The van der Waals surface area contributed by atoms with Crippen LogP contribution in [0.25, 0.3) is 22.2 Å². The molecule has 0 saturated carbocycles. The lowest BCUT2D eigenvalue weighted by molar-refractivity contribution is -0.125. The number of nitriles is 1. The van der Waals surface area contributed by atoms with Crippen molar-refractivity contribution in [2.45, 2.75) is 58.0 Å². The minimum Gasteiger partial charge on any atom is -0.408 e. The summed E-state index contributed by atoms with van der Waals surface area (Å²) < 4.78 is 27.5. The number of benzene rings is 2. The fourth-order valence-corrected chi connectivity index (χ4v) is 4.81. The Bertz CT molecular complexity index is 1330. The van der Waals surface area contributed by atoms with E-state index < -0.39 is 17.6 Å². The first kappa shape index (κ1) is 27.6. The third-order valence-electron chi connectivity index (χ3n) is 6.93. The van der Waals surface area contributed by atoms with Gasteiger partial charge in [0.05, 0.1) is 30.7 Å². The number of ether oxygens (including phenoxy) is 1. The summed E-state index contributed by atoms with van der Waals surface area (Å²) in [4.78, 5) is 25.1. The Morgan fingerprint density at radius 1 is 1.24 bits per heavy atom. The number of rotatable bonds is 10. The number of hydrogen-bond donors (Lipinski definition) is 2. The van der Waals surface area contributed by atoms with Crippen LogP contribution in [0.5, 0.6) is 0 Å². The van der Waals surface area contributed by atoms with Crippen molar-refractivity contribution in [3.05, 3.63) is 58.3 Å². The van der Waals surface area contributed by atoms with E-state index in [9.17, 15) is 14.9 Å². The van der Waals surface area contributed by atoms with E-state index in [2.05, 4.69) is 16.7 Å². The maximum absolute atomic E-state index is 15.1. The minimum atomic E-state index is -0.820. The van der Waals surface area contributed by atoms with Crippen LogP contribution in [0.15, 0.2) is 45.6 Å². The molecule has 2 N–H and O–H groups in total. The highest BCUT2D eigenvalue weighted by atomic mass is 19.1. The number of nitrogens with one attached hydrogen (secondary N) is 2. The maximum Gasteiger partial charge on any atom is 0.420 e. The molecule has 4 rings (SSSR count). The van der Waals surface area contributed by atoms with Gasteiger partial charge in [-0.2, -0.15) is 5.26 Å². The van der Waals surface area contributed by atoms with Crippen LogP contribution in [0.4, 0.5) is 4.39 Å². The van der Waals surface area contributed by atoms with Crippen LogP contribution in [-0.4, -0.2) is 42.8 Å². The smallest absolute Gasteiger partial charge is 0.408 e. The van der Waals surface area contributed by atoms with Crippen molar-refractivity contribution in [3.8, 4) is 17.2 Å². The van der Waals surface area contributed by atoms with Crippen molar-refractivity contribution >= 4 is 17.0 Å². The van der Waals surface area contributed by atoms with Crippen molar-refractivity contribution in [2.75, 3.05) is 26.3 Å². The molecule has 0 bridgehead atoms. The molecule has 0 spiro atoms. The van der Waals surface area contributed by atoms with E-state index in [-0.39, 0.29) is 18.2 Å². The van der Waals surface area contributed by atoms with Crippen LogP contribution < -0.4 is 16.4 Å². The third kappa shape index (κ3) is 6.88. The molecule has 1 saturated heterocycles. The number of fused-ring (bicyclic) bond motifs is 1. The van der Waals surface area contributed by atoms with Gasteiger partial charge in [0.1, 0.15) is 11.9 Å². The van der Waals surface area contributed by atoms with Gasteiger partial charge in [0.25, 0.3) is 0 Å². The largest absolute Gasteiger partial charge is 0.420 e. The van der Waals surface area contributed by atoms with Crippen molar-refractivity contribution < 1.29 is 18.3 Å². The summed E-state index contributed by atoms with van der Waals surface area (Å²) in [6.07, 6.45) is 4.92. The van der Waals surface area contributed by atoms with Gasteiger partial charge in [-0.15, -0.1) is 0 Å². The lowest BCUT2D eigenvalue weighted by Crippen LogP contribution is -2.43. The van der Waals surface area contributed by atoms with Crippen LogP contribution in [0.2, 0.25) is 0 Å². The van der Waals surface area contributed by atoms with E-state index in [1.54, 1.807) is 30.3 Å². The quantitative estimate of drug-likeness (QED) is 0.387. The van der Waals surface area contributed by atoms with E-state index in [1.807, 2.05) is 6.92 Å². The van der Waals surface area contributed by atoms with Gasteiger partial charge < -0.3 is 19.8 Å². The van der Waals surface area contributed by atoms with Gasteiger partial charge in [0, 0.05) is 19.6 Å². The van der Waals surface area contributed by atoms with Gasteiger partial charge in [0.2, 0.25) is 5.91 Å². The molecular weight excluding hydrogens is 487 g/mol. The molecule has 1 aliphatic heterocycles. The number of carbonyl (C=O) groups excluding carboxylic acids is 1. The normalized spacial score (nSPS) is 16.9. The Morgan fingerprint density at radius 3 is 2.84 bits per heavy atom. The third-order valence-corrected chi connectivity index (χ3v) is 6.93. The molecule has 2 atom stereocenters. The fourth-order valence-electron chi connectivity index (χ4n) is 4.81. The van der Waals surface area contributed by atoms with Gasteiger partial charge in [-0.25, -0.2) is 9.18 Å². The first-order valence-corrected chi connectivity index (χ1v) is 13.4. The van der Waals surface area contributed by atoms with Crippen LogP contribution in [0, 0.1) is 23.1 Å². The molecule has 2 unspecified atom stereocenters. The second-order valence-electron chi connectivity index (χ2n) is 9.77. The summed E-state index contributed by atoms with van der Waals surface area (Å²) in [5.74, 6) is -1.27. The van der Waals surface area contributed by atoms with E-state index >= 15 is 4.39 Å². The van der Waals surface area contributed by atoms with Gasteiger partial charge in [-0.05, 0) is 60.7 Å². The number of aromatic nitrogens is 1. The van der Waals surface area contributed by atoms with Crippen LogP contribution in [0.1, 0.15) is 44.6 Å². The van der Waals surface area contributed by atoms with Crippen molar-refractivity contribution in [1.29, 1.82) is 5.26 Å². The van der Waals surface area contributed by atoms with Gasteiger partial charge in [-0.1, -0.05) is 38.0 Å². The highest BCUT2D eigenvalue weighted by Gasteiger charge is 2.23. The molecule has 38 heavy (non-hydrogen) atoms. The van der Waals surface area contributed by atoms with Crippen LogP contribution in [-0.2, 0) is 22.5 Å². The molecule has 3 aromatic rings. The summed E-state index contributed by atoms with van der Waals surface area (Å²) in [5.41, 5.74) is 2.79. The first-order chi connectivity index (χ1) is 18.5. The number of amides is 1. The Kier molecular flexibility index (Phi) is 9.68. The fraction of sp³-hybridized carbons (Fsp3) is 0.483. The summed E-state index contributed by atoms with van der Waals surface area (Å²) in [5, 5.41) is 15.7. The zero-order valence-corrected chi connectivity index (χ0v) is 21.8. The molecule has 1 aromatic heterocycles. The second kappa shape index (κ2) is 13.4. The van der Waals surface area contributed by atoms with Crippen molar-refractivity contribution in [2.24, 2.45) is 5.92 Å². The summed E-state index contributed by atoms with van der Waals surface area (Å²) in [6, 6.07) is 11.4. The topological polar surface area (TPSA) is 109 Å². The maximum atomic E-state index is 15.1. The lowest BCUT2D eigenvalue weighted by Gasteiger charge is -2.21. The molecule has 0 radical (unpaired) electrons. The molecule has 1 amide bonds.